The lowest BCUT2D eigenvalue weighted by molar-refractivity contribution is 0.581. The molecule has 0 N–H and O–H groups in total. The van der Waals surface area contributed by atoms with Crippen molar-refractivity contribution in [1.29, 1.82) is 0 Å². The topological polar surface area (TPSA) is 17.1 Å². The molecule has 0 aliphatic rings. The zero-order valence-electron chi connectivity index (χ0n) is 14.1. The van der Waals surface area contributed by atoms with Gasteiger partial charge < -0.3 is 4.57 Å². The Balaban J connectivity index is 2.68. The Morgan fingerprint density at radius 3 is 1.59 bits per heavy atom. The van der Waals surface area contributed by atoms with E-state index in [4.69, 9.17) is 0 Å². The fourth-order valence-electron chi connectivity index (χ4n) is 3.24. The van der Waals surface area contributed by atoms with Gasteiger partial charge in [0.05, 0.1) is 8.07 Å². The summed E-state index contributed by atoms with van der Waals surface area (Å²) in [5, 5.41) is 2.32. The quantitative estimate of drug-likeness (QED) is 0.535. The zero-order valence-corrected chi connectivity index (χ0v) is 16.0. The van der Waals surface area contributed by atoms with Gasteiger partial charge in [-0.1, -0.05) is 93.6 Å². The van der Waals surface area contributed by atoms with Gasteiger partial charge in [-0.2, -0.15) is 0 Å². The van der Waals surface area contributed by atoms with Gasteiger partial charge in [-0.25, -0.2) is 0 Å². The summed E-state index contributed by atoms with van der Waals surface area (Å²) >= 11 is 0. The maximum absolute atomic E-state index is 14.4. The Bertz CT molecular complexity index is 588. The average molecular weight is 330 g/mol. The maximum Gasteiger partial charge on any atom is 0.143 e. The van der Waals surface area contributed by atoms with Crippen LogP contribution >= 0.6 is 7.14 Å². The summed E-state index contributed by atoms with van der Waals surface area (Å²) < 4.78 is 14.4. The van der Waals surface area contributed by atoms with Crippen LogP contribution in [0.25, 0.3) is 0 Å². The molecule has 0 aliphatic heterocycles. The van der Waals surface area contributed by atoms with Gasteiger partial charge in [0.1, 0.15) is 7.14 Å². The van der Waals surface area contributed by atoms with Gasteiger partial charge >= 0.3 is 0 Å². The van der Waals surface area contributed by atoms with Crippen LogP contribution in [0, 0.1) is 0 Å². The van der Waals surface area contributed by atoms with E-state index in [0.29, 0.717) is 0 Å². The van der Waals surface area contributed by atoms with E-state index in [1.165, 1.54) is 0 Å². The van der Waals surface area contributed by atoms with Crippen molar-refractivity contribution in [2.45, 2.75) is 44.7 Å². The highest BCUT2D eigenvalue weighted by atomic mass is 31.2. The largest absolute Gasteiger partial charge is 0.314 e. The molecule has 3 heteroatoms. The predicted octanol–water partition coefficient (Wildman–Crippen LogP) is 5.05. The molecule has 0 radical (unpaired) electrons. The smallest absolute Gasteiger partial charge is 0.143 e. The summed E-state index contributed by atoms with van der Waals surface area (Å²) in [6.45, 7) is 9.26. The molecule has 0 saturated carbocycles. The van der Waals surface area contributed by atoms with Crippen molar-refractivity contribution >= 4 is 25.8 Å². The summed E-state index contributed by atoms with van der Waals surface area (Å²) in [5.41, 5.74) is 0. The van der Waals surface area contributed by atoms with Crippen LogP contribution in [0.3, 0.4) is 0 Å². The van der Waals surface area contributed by atoms with Crippen LogP contribution in [0.2, 0.25) is 19.6 Å². The van der Waals surface area contributed by atoms with Crippen molar-refractivity contribution in [2.24, 2.45) is 0 Å². The molecule has 1 unspecified atom stereocenters. The summed E-state index contributed by atoms with van der Waals surface area (Å²) in [4.78, 5) is 0. The SMILES string of the molecule is CCCC([Si](C)(C)C)P(=O)(c1ccccc1)c1ccccc1. The lowest BCUT2D eigenvalue weighted by Crippen LogP contribution is -2.43. The molecule has 0 saturated heterocycles. The van der Waals surface area contributed by atoms with Crippen LogP contribution in [0.1, 0.15) is 19.8 Å². The van der Waals surface area contributed by atoms with Gasteiger partial charge in [-0.05, 0) is 6.42 Å². The fraction of sp³-hybridized carbons (Fsp3) is 0.368. The van der Waals surface area contributed by atoms with Crippen LogP contribution < -0.4 is 10.6 Å². The van der Waals surface area contributed by atoms with Crippen LogP contribution in [0.4, 0.5) is 0 Å². The molecule has 118 valence electrons. The predicted molar refractivity (Wildman–Crippen MR) is 102 cm³/mol. The Hall–Kier alpha value is -1.11. The second kappa shape index (κ2) is 6.98. The first-order chi connectivity index (χ1) is 10.4. The monoisotopic (exact) mass is 330 g/mol. The molecule has 2 aromatic rings. The Labute approximate surface area is 136 Å². The molecule has 1 nitrogen and oxygen atoms in total. The molecule has 1 atom stereocenters. The van der Waals surface area contributed by atoms with E-state index >= 15 is 0 Å². The van der Waals surface area contributed by atoms with Gasteiger partial charge in [0, 0.05) is 15.9 Å². The molecule has 0 aliphatic carbocycles. The third kappa shape index (κ3) is 3.44. The van der Waals surface area contributed by atoms with E-state index in [1.807, 2.05) is 36.4 Å². The van der Waals surface area contributed by atoms with Crippen molar-refractivity contribution in [3.05, 3.63) is 60.7 Å². The van der Waals surface area contributed by atoms with Gasteiger partial charge in [0.15, 0.2) is 0 Å². The highest BCUT2D eigenvalue weighted by Crippen LogP contribution is 2.53. The Morgan fingerprint density at radius 1 is 0.864 bits per heavy atom. The summed E-state index contributed by atoms with van der Waals surface area (Å²) in [6, 6.07) is 20.3. The van der Waals surface area contributed by atoms with E-state index in [1.54, 1.807) is 0 Å². The van der Waals surface area contributed by atoms with E-state index in [-0.39, 0.29) is 5.28 Å². The summed E-state index contributed by atoms with van der Waals surface area (Å²) in [6.07, 6.45) is 2.12. The summed E-state index contributed by atoms with van der Waals surface area (Å²) in [5.74, 6) is 0. The minimum Gasteiger partial charge on any atom is -0.314 e. The van der Waals surface area contributed by atoms with Crippen LogP contribution in [-0.4, -0.2) is 13.4 Å². The second-order valence-electron chi connectivity index (χ2n) is 7.00. The first kappa shape index (κ1) is 17.2. The molecule has 2 aromatic carbocycles. The van der Waals surface area contributed by atoms with E-state index in [9.17, 15) is 4.57 Å². The van der Waals surface area contributed by atoms with Crippen molar-refractivity contribution < 1.29 is 4.57 Å². The van der Waals surface area contributed by atoms with E-state index in [2.05, 4.69) is 50.8 Å². The second-order valence-corrected chi connectivity index (χ2v) is 15.9. The Kier molecular flexibility index (Phi) is 5.47. The van der Waals surface area contributed by atoms with Crippen LogP contribution in [-0.2, 0) is 4.57 Å². The highest BCUT2D eigenvalue weighted by molar-refractivity contribution is 7.81. The van der Waals surface area contributed by atoms with E-state index in [0.717, 1.165) is 23.5 Å². The fourth-order valence-corrected chi connectivity index (χ4v) is 12.5. The lowest BCUT2D eigenvalue weighted by Gasteiger charge is -2.36. The molecule has 0 amide bonds. The molecule has 0 spiro atoms. The zero-order chi connectivity index (χ0) is 16.2. The molecule has 22 heavy (non-hydrogen) atoms. The number of hydrogen-bond donors (Lipinski definition) is 0. The third-order valence-corrected chi connectivity index (χ3v) is 13.2. The number of benzene rings is 2. The summed E-state index contributed by atoms with van der Waals surface area (Å²) in [7, 11) is -4.18. The molecule has 0 fully saturated rings. The van der Waals surface area contributed by atoms with Gasteiger partial charge in [-0.15, -0.1) is 0 Å². The first-order valence-corrected chi connectivity index (χ1v) is 13.5. The van der Waals surface area contributed by atoms with Gasteiger partial charge in [0.25, 0.3) is 0 Å². The van der Waals surface area contributed by atoms with Crippen molar-refractivity contribution in [1.82, 2.24) is 0 Å². The van der Waals surface area contributed by atoms with Crippen molar-refractivity contribution in [3.63, 3.8) is 0 Å². The highest BCUT2D eigenvalue weighted by Gasteiger charge is 2.43. The maximum atomic E-state index is 14.4. The van der Waals surface area contributed by atoms with Crippen LogP contribution in [0.5, 0.6) is 0 Å². The van der Waals surface area contributed by atoms with Crippen LogP contribution in [0.15, 0.2) is 60.7 Å². The molecular weight excluding hydrogens is 303 g/mol. The molecule has 0 heterocycles. The molecule has 2 rings (SSSR count). The lowest BCUT2D eigenvalue weighted by atomic mass is 10.4. The standard InChI is InChI=1S/C19H27OPSi/c1-5-12-19(22(2,3)4)21(20,17-13-8-6-9-14-17)18-15-10-7-11-16-18/h6-11,13-16,19H,5,12H2,1-4H3. The average Bonchev–Trinajstić information content (AvgIpc) is 2.52. The first-order valence-electron chi connectivity index (χ1n) is 8.11. The minimum atomic E-state index is -2.61. The normalized spacial score (nSPS) is 13.8. The van der Waals surface area contributed by atoms with Gasteiger partial charge in [-0.3, -0.25) is 0 Å². The number of rotatable bonds is 6. The van der Waals surface area contributed by atoms with Crippen molar-refractivity contribution in [3.8, 4) is 0 Å². The van der Waals surface area contributed by atoms with Crippen molar-refractivity contribution in [2.75, 3.05) is 0 Å². The van der Waals surface area contributed by atoms with Gasteiger partial charge in [0.2, 0.25) is 0 Å². The number of hydrogen-bond acceptors (Lipinski definition) is 1. The third-order valence-electron chi connectivity index (χ3n) is 4.28. The molecular formula is C19H27OPSi. The molecule has 0 bridgehead atoms. The minimum absolute atomic E-state index is 0.287. The molecule has 0 aromatic heterocycles. The Morgan fingerprint density at radius 2 is 1.27 bits per heavy atom. The van der Waals surface area contributed by atoms with E-state index < -0.39 is 15.2 Å².